The fourth-order valence-electron chi connectivity index (χ4n) is 2.34. The summed E-state index contributed by atoms with van der Waals surface area (Å²) in [4.78, 5) is 12.0. The fraction of sp³-hybridized carbons (Fsp3) is 0.167. The fourth-order valence-corrected chi connectivity index (χ4v) is 2.87. The zero-order valence-electron chi connectivity index (χ0n) is 12.7. The number of halogens is 2. The van der Waals surface area contributed by atoms with Crippen LogP contribution in [0, 0.1) is 0 Å². The van der Waals surface area contributed by atoms with E-state index in [2.05, 4.69) is 5.32 Å². The first-order valence-corrected chi connectivity index (χ1v) is 8.18. The second-order valence-electron chi connectivity index (χ2n) is 5.13. The second-order valence-corrected chi connectivity index (χ2v) is 5.94. The Kier molecular flexibility index (Phi) is 5.28. The third kappa shape index (κ3) is 3.83. The maximum Gasteiger partial charge on any atom is 0.244 e. The molecule has 2 aromatic carbocycles. The van der Waals surface area contributed by atoms with Gasteiger partial charge in [0.05, 0.1) is 0 Å². The van der Waals surface area contributed by atoms with Gasteiger partial charge in [-0.2, -0.15) is 0 Å². The minimum atomic E-state index is -0.250. The Hall–Kier alpha value is -2.17. The third-order valence-corrected chi connectivity index (χ3v) is 4.16. The molecule has 0 saturated carbocycles. The van der Waals surface area contributed by atoms with E-state index in [1.807, 2.05) is 18.2 Å². The van der Waals surface area contributed by atoms with E-state index in [0.717, 1.165) is 5.56 Å². The smallest absolute Gasteiger partial charge is 0.244 e. The molecule has 0 spiro atoms. The van der Waals surface area contributed by atoms with Crippen molar-refractivity contribution in [1.29, 1.82) is 0 Å². The van der Waals surface area contributed by atoms with Crippen molar-refractivity contribution in [2.75, 3.05) is 13.2 Å². The van der Waals surface area contributed by atoms with Gasteiger partial charge in [0.15, 0.2) is 11.5 Å². The summed E-state index contributed by atoms with van der Waals surface area (Å²) in [5.41, 5.74) is 1.48. The Morgan fingerprint density at radius 1 is 1.08 bits per heavy atom. The van der Waals surface area contributed by atoms with Gasteiger partial charge in [-0.25, -0.2) is 0 Å². The number of fused-ring (bicyclic) bond motifs is 1. The lowest BCUT2D eigenvalue weighted by atomic mass is 10.1. The van der Waals surface area contributed by atoms with Crippen molar-refractivity contribution in [3.63, 3.8) is 0 Å². The van der Waals surface area contributed by atoms with Crippen molar-refractivity contribution < 1.29 is 14.3 Å². The van der Waals surface area contributed by atoms with E-state index in [9.17, 15) is 4.79 Å². The Morgan fingerprint density at radius 2 is 1.79 bits per heavy atom. The third-order valence-electron chi connectivity index (χ3n) is 3.50. The molecule has 4 nitrogen and oxygen atoms in total. The standard InChI is InChI=1S/C18H15Cl2NO3/c19-14-4-2-5-15(20)13(14)7-8-17(22)21-11-12-3-1-6-16-18(12)24-10-9-23-16/h1-8H,9-11H2,(H,21,22)/b8-7+. The molecular formula is C18H15Cl2NO3. The summed E-state index contributed by atoms with van der Waals surface area (Å²) in [6, 6.07) is 10.8. The quantitative estimate of drug-likeness (QED) is 0.832. The van der Waals surface area contributed by atoms with Crippen molar-refractivity contribution in [2.24, 2.45) is 0 Å². The molecule has 0 bridgehead atoms. The number of para-hydroxylation sites is 1. The molecule has 124 valence electrons. The van der Waals surface area contributed by atoms with E-state index >= 15 is 0 Å². The van der Waals surface area contributed by atoms with Crippen LogP contribution in [-0.4, -0.2) is 19.1 Å². The highest BCUT2D eigenvalue weighted by Gasteiger charge is 2.15. The highest BCUT2D eigenvalue weighted by Crippen LogP contribution is 2.33. The van der Waals surface area contributed by atoms with Gasteiger partial charge in [0.1, 0.15) is 13.2 Å². The van der Waals surface area contributed by atoms with Crippen LogP contribution in [-0.2, 0) is 11.3 Å². The van der Waals surface area contributed by atoms with Gasteiger partial charge >= 0.3 is 0 Å². The molecule has 2 aromatic rings. The lowest BCUT2D eigenvalue weighted by molar-refractivity contribution is -0.116. The Labute approximate surface area is 150 Å². The Morgan fingerprint density at radius 3 is 2.58 bits per heavy atom. The van der Waals surface area contributed by atoms with E-state index in [4.69, 9.17) is 32.7 Å². The molecule has 1 N–H and O–H groups in total. The average Bonchev–Trinajstić information content (AvgIpc) is 2.59. The van der Waals surface area contributed by atoms with E-state index in [1.54, 1.807) is 24.3 Å². The summed E-state index contributed by atoms with van der Waals surface area (Å²) < 4.78 is 11.1. The van der Waals surface area contributed by atoms with Gasteiger partial charge < -0.3 is 14.8 Å². The van der Waals surface area contributed by atoms with Crippen LogP contribution in [0.25, 0.3) is 6.08 Å². The molecule has 1 aliphatic heterocycles. The second kappa shape index (κ2) is 7.60. The lowest BCUT2D eigenvalue weighted by Crippen LogP contribution is -2.22. The molecule has 0 radical (unpaired) electrons. The zero-order valence-corrected chi connectivity index (χ0v) is 14.2. The number of ether oxygens (including phenoxy) is 2. The maximum absolute atomic E-state index is 12.0. The number of rotatable bonds is 4. The van der Waals surface area contributed by atoms with Gasteiger partial charge in [0.2, 0.25) is 5.91 Å². The minimum Gasteiger partial charge on any atom is -0.486 e. The maximum atomic E-state index is 12.0. The van der Waals surface area contributed by atoms with Gasteiger partial charge in [-0.3, -0.25) is 4.79 Å². The number of amides is 1. The van der Waals surface area contributed by atoms with Crippen LogP contribution < -0.4 is 14.8 Å². The van der Waals surface area contributed by atoms with Crippen LogP contribution in [0.1, 0.15) is 11.1 Å². The van der Waals surface area contributed by atoms with E-state index in [0.29, 0.717) is 46.9 Å². The van der Waals surface area contributed by atoms with Crippen LogP contribution in [0.3, 0.4) is 0 Å². The monoisotopic (exact) mass is 363 g/mol. The number of hydrogen-bond donors (Lipinski definition) is 1. The van der Waals surface area contributed by atoms with Crippen LogP contribution >= 0.6 is 23.2 Å². The van der Waals surface area contributed by atoms with Crippen molar-refractivity contribution >= 4 is 35.2 Å². The zero-order chi connectivity index (χ0) is 16.9. The molecule has 0 unspecified atom stereocenters. The first-order chi connectivity index (χ1) is 11.6. The van der Waals surface area contributed by atoms with Crippen LogP contribution in [0.4, 0.5) is 0 Å². The van der Waals surface area contributed by atoms with Gasteiger partial charge in [-0.05, 0) is 24.3 Å². The van der Waals surface area contributed by atoms with Gasteiger partial charge in [-0.1, -0.05) is 41.4 Å². The van der Waals surface area contributed by atoms with E-state index < -0.39 is 0 Å². The topological polar surface area (TPSA) is 47.6 Å². The van der Waals surface area contributed by atoms with Crippen LogP contribution in [0.5, 0.6) is 11.5 Å². The minimum absolute atomic E-state index is 0.250. The molecule has 0 saturated heterocycles. The number of carbonyl (C=O) groups excluding carboxylic acids is 1. The largest absolute Gasteiger partial charge is 0.486 e. The van der Waals surface area contributed by atoms with Crippen molar-refractivity contribution in [3.05, 3.63) is 63.6 Å². The number of carbonyl (C=O) groups is 1. The molecule has 24 heavy (non-hydrogen) atoms. The van der Waals surface area contributed by atoms with Gasteiger partial charge in [0, 0.05) is 33.8 Å². The average molecular weight is 364 g/mol. The Balaban J connectivity index is 1.65. The molecule has 3 rings (SSSR count). The summed E-state index contributed by atoms with van der Waals surface area (Å²) in [6.07, 6.45) is 3.00. The first-order valence-electron chi connectivity index (χ1n) is 7.42. The van der Waals surface area contributed by atoms with Crippen molar-refractivity contribution in [1.82, 2.24) is 5.32 Å². The predicted molar refractivity (Wildman–Crippen MR) is 94.8 cm³/mol. The highest BCUT2D eigenvalue weighted by atomic mass is 35.5. The van der Waals surface area contributed by atoms with Crippen molar-refractivity contribution in [2.45, 2.75) is 6.54 Å². The molecular weight excluding hydrogens is 349 g/mol. The molecule has 6 heteroatoms. The SMILES string of the molecule is O=C(/C=C/c1c(Cl)cccc1Cl)NCc1cccc2c1OCCO2. The lowest BCUT2D eigenvalue weighted by Gasteiger charge is -2.20. The molecule has 0 atom stereocenters. The van der Waals surface area contributed by atoms with Crippen LogP contribution in [0.15, 0.2) is 42.5 Å². The van der Waals surface area contributed by atoms with Crippen LogP contribution in [0.2, 0.25) is 10.0 Å². The molecule has 1 aliphatic rings. The number of nitrogens with one attached hydrogen (secondary N) is 1. The predicted octanol–water partition coefficient (Wildman–Crippen LogP) is 4.09. The van der Waals surface area contributed by atoms with Gasteiger partial charge in [-0.15, -0.1) is 0 Å². The Bertz CT molecular complexity index is 770. The molecule has 1 heterocycles. The number of hydrogen-bond acceptors (Lipinski definition) is 3. The molecule has 0 aliphatic carbocycles. The van der Waals surface area contributed by atoms with E-state index in [-0.39, 0.29) is 5.91 Å². The summed E-state index contributed by atoms with van der Waals surface area (Å²) in [7, 11) is 0. The van der Waals surface area contributed by atoms with Gasteiger partial charge in [0.25, 0.3) is 0 Å². The summed E-state index contributed by atoms with van der Waals surface area (Å²) >= 11 is 12.1. The molecule has 0 aromatic heterocycles. The number of benzene rings is 2. The normalized spacial score (nSPS) is 13.1. The molecule has 0 fully saturated rings. The summed E-state index contributed by atoms with van der Waals surface area (Å²) in [5.74, 6) is 1.13. The highest BCUT2D eigenvalue weighted by molar-refractivity contribution is 6.37. The van der Waals surface area contributed by atoms with Crippen molar-refractivity contribution in [3.8, 4) is 11.5 Å². The summed E-state index contributed by atoms with van der Waals surface area (Å²) in [5, 5.41) is 3.80. The molecule has 1 amide bonds. The summed E-state index contributed by atoms with van der Waals surface area (Å²) in [6.45, 7) is 1.37. The first kappa shape index (κ1) is 16.7. The van der Waals surface area contributed by atoms with E-state index in [1.165, 1.54) is 6.08 Å².